The Kier molecular flexibility index (Phi) is 7.92. The molecule has 3 aromatic heterocycles. The van der Waals surface area contributed by atoms with Crippen LogP contribution < -0.4 is 21.7 Å². The molecule has 41 heavy (non-hydrogen) atoms. The number of nitrogens with zero attached hydrogens (tertiary/aromatic N) is 4. The van der Waals surface area contributed by atoms with Gasteiger partial charge in [-0.1, -0.05) is 6.92 Å². The lowest BCUT2D eigenvalue weighted by atomic mass is 10.0. The van der Waals surface area contributed by atoms with Crippen LogP contribution in [0.2, 0.25) is 0 Å². The van der Waals surface area contributed by atoms with E-state index in [0.717, 1.165) is 24.6 Å². The molecule has 1 aromatic carbocycles. The van der Waals surface area contributed by atoms with Crippen molar-refractivity contribution in [3.05, 3.63) is 59.8 Å². The molecule has 11 nitrogen and oxygen atoms in total. The zero-order chi connectivity index (χ0) is 29.1. The lowest BCUT2D eigenvalue weighted by Gasteiger charge is -2.14. The molecule has 1 saturated carbocycles. The van der Waals surface area contributed by atoms with Crippen LogP contribution in [0.3, 0.4) is 0 Å². The van der Waals surface area contributed by atoms with E-state index in [0.29, 0.717) is 42.1 Å². The highest BCUT2D eigenvalue weighted by atomic mass is 19.4. The largest absolute Gasteiger partial charge is 0.433 e. The zero-order valence-electron chi connectivity index (χ0n) is 22.3. The Labute approximate surface area is 233 Å². The van der Waals surface area contributed by atoms with Gasteiger partial charge in [-0.3, -0.25) is 19.1 Å². The summed E-state index contributed by atoms with van der Waals surface area (Å²) in [7, 11) is 0. The number of nitrogens with one attached hydrogen (secondary N) is 4. The van der Waals surface area contributed by atoms with E-state index < -0.39 is 11.9 Å². The summed E-state index contributed by atoms with van der Waals surface area (Å²) in [6, 6.07) is 5.29. The molecule has 0 spiro atoms. The molecule has 1 aliphatic rings. The summed E-state index contributed by atoms with van der Waals surface area (Å²) in [5.74, 6) is -0.0294. The second-order valence-electron chi connectivity index (χ2n) is 9.94. The highest BCUT2D eigenvalue weighted by molar-refractivity contribution is 5.96. The number of benzene rings is 1. The van der Waals surface area contributed by atoms with Gasteiger partial charge in [0.25, 0.3) is 5.91 Å². The van der Waals surface area contributed by atoms with Gasteiger partial charge in [-0.05, 0) is 49.4 Å². The van der Waals surface area contributed by atoms with Crippen LogP contribution in [0.5, 0.6) is 0 Å². The Bertz CT molecular complexity index is 1560. The van der Waals surface area contributed by atoms with Crippen molar-refractivity contribution in [2.75, 3.05) is 18.4 Å². The van der Waals surface area contributed by atoms with Gasteiger partial charge < -0.3 is 21.7 Å². The van der Waals surface area contributed by atoms with E-state index in [1.807, 2.05) is 18.1 Å². The Balaban J connectivity index is 1.26. The van der Waals surface area contributed by atoms with Crippen LogP contribution in [0.4, 0.5) is 24.7 Å². The number of aromatic amines is 1. The van der Waals surface area contributed by atoms with E-state index in [1.54, 1.807) is 12.1 Å². The van der Waals surface area contributed by atoms with E-state index in [9.17, 15) is 22.8 Å². The van der Waals surface area contributed by atoms with Crippen molar-refractivity contribution in [2.24, 2.45) is 11.7 Å². The number of halogens is 3. The van der Waals surface area contributed by atoms with E-state index in [-0.39, 0.29) is 41.6 Å². The summed E-state index contributed by atoms with van der Waals surface area (Å²) >= 11 is 0. The number of hydrogen-bond donors (Lipinski definition) is 5. The number of H-pyrrole nitrogens is 1. The molecule has 1 aliphatic carbocycles. The third kappa shape index (κ3) is 6.01. The monoisotopic (exact) mass is 569 g/mol. The number of rotatable bonds is 9. The van der Waals surface area contributed by atoms with Gasteiger partial charge in [0.15, 0.2) is 11.5 Å². The summed E-state index contributed by atoms with van der Waals surface area (Å²) in [4.78, 5) is 33.7. The number of nitrogens with two attached hydrogens (primary N) is 1. The van der Waals surface area contributed by atoms with Crippen molar-refractivity contribution < 1.29 is 22.8 Å². The van der Waals surface area contributed by atoms with Gasteiger partial charge in [0.2, 0.25) is 5.91 Å². The van der Waals surface area contributed by atoms with Crippen molar-refractivity contribution in [3.8, 4) is 11.3 Å². The molecule has 2 amide bonds. The maximum atomic E-state index is 13.4. The third-order valence-corrected chi connectivity index (χ3v) is 7.17. The maximum absolute atomic E-state index is 13.4. The summed E-state index contributed by atoms with van der Waals surface area (Å²) < 4.78 is 41.7. The fourth-order valence-corrected chi connectivity index (χ4v) is 5.08. The summed E-state index contributed by atoms with van der Waals surface area (Å²) in [5, 5.41) is 14.4. The number of aromatic nitrogens is 5. The van der Waals surface area contributed by atoms with Crippen LogP contribution in [0.1, 0.15) is 47.8 Å². The second-order valence-corrected chi connectivity index (χ2v) is 9.94. The van der Waals surface area contributed by atoms with E-state index in [1.165, 1.54) is 23.0 Å². The molecule has 6 N–H and O–H groups in total. The number of carbonyl (C=O) groups excluding carboxylic acids is 2. The molecule has 0 radical (unpaired) electrons. The number of fused-ring (bicyclic) bond motifs is 1. The molecule has 5 rings (SSSR count). The van der Waals surface area contributed by atoms with Gasteiger partial charge in [0, 0.05) is 48.7 Å². The minimum Gasteiger partial charge on any atom is -0.354 e. The van der Waals surface area contributed by atoms with E-state index in [4.69, 9.17) is 5.73 Å². The first-order chi connectivity index (χ1) is 19.7. The highest BCUT2D eigenvalue weighted by Crippen LogP contribution is 2.36. The molecule has 216 valence electrons. The predicted octanol–water partition coefficient (Wildman–Crippen LogP) is 3.42. The molecular formula is C27H30F3N9O2. The van der Waals surface area contributed by atoms with Crippen molar-refractivity contribution in [1.82, 2.24) is 35.2 Å². The molecule has 4 aromatic rings. The first-order valence-corrected chi connectivity index (χ1v) is 13.3. The lowest BCUT2D eigenvalue weighted by molar-refractivity contribution is -0.140. The summed E-state index contributed by atoms with van der Waals surface area (Å²) in [5.41, 5.74) is 7.21. The fraction of sp³-hybridized carbons (Fsp3) is 0.370. The average Bonchev–Trinajstić information content (AvgIpc) is 3.70. The first-order valence-electron chi connectivity index (χ1n) is 13.3. The molecule has 1 fully saturated rings. The number of imidazole rings is 1. The fourth-order valence-electron chi connectivity index (χ4n) is 5.08. The van der Waals surface area contributed by atoms with Crippen LogP contribution in [0.25, 0.3) is 16.9 Å². The standard InChI is InChI=1S/C27H30F3N9O2/c1-2-15-12-18(5-6-19(15)26(41)34-8-7-33-25(40)16-3-4-17(31)11-16)37-23-24-35-14-21(39(24)10-9-32-23)20-13-36-38-22(20)27(28,29)30/h5-6,9-10,12-14,16-17H,2-4,7-8,11,31H2,1H3,(H,32,37)(H,33,40)(H,34,41)(H,36,38)/t16-,17-/m0/s1. The lowest BCUT2D eigenvalue weighted by Crippen LogP contribution is -2.37. The minimum atomic E-state index is -4.60. The van der Waals surface area contributed by atoms with Gasteiger partial charge >= 0.3 is 6.18 Å². The van der Waals surface area contributed by atoms with Gasteiger partial charge in [-0.25, -0.2) is 9.97 Å². The number of hydrogen-bond acceptors (Lipinski definition) is 7. The Morgan fingerprint density at radius 1 is 1.15 bits per heavy atom. The third-order valence-electron chi connectivity index (χ3n) is 7.17. The van der Waals surface area contributed by atoms with Gasteiger partial charge in [-0.2, -0.15) is 18.3 Å². The number of carbonyl (C=O) groups is 2. The predicted molar refractivity (Wildman–Crippen MR) is 145 cm³/mol. The van der Waals surface area contributed by atoms with Crippen molar-refractivity contribution in [2.45, 2.75) is 44.8 Å². The van der Waals surface area contributed by atoms with Crippen LogP contribution in [-0.2, 0) is 17.4 Å². The van der Waals surface area contributed by atoms with E-state index in [2.05, 4.69) is 31.0 Å². The van der Waals surface area contributed by atoms with Crippen LogP contribution in [0.15, 0.2) is 43.0 Å². The topological polar surface area (TPSA) is 155 Å². The van der Waals surface area contributed by atoms with Crippen molar-refractivity contribution >= 4 is 29.0 Å². The maximum Gasteiger partial charge on any atom is 0.433 e. The van der Waals surface area contributed by atoms with Crippen LogP contribution >= 0.6 is 0 Å². The minimum absolute atomic E-state index is 0.0318. The van der Waals surface area contributed by atoms with Gasteiger partial charge in [0.1, 0.15) is 5.69 Å². The number of anilines is 2. The highest BCUT2D eigenvalue weighted by Gasteiger charge is 2.36. The molecular weight excluding hydrogens is 539 g/mol. The summed E-state index contributed by atoms with van der Waals surface area (Å²) in [6.07, 6.45) is 3.71. The molecule has 0 unspecified atom stereocenters. The summed E-state index contributed by atoms with van der Waals surface area (Å²) in [6.45, 7) is 2.53. The second kappa shape index (κ2) is 11.6. The smallest absolute Gasteiger partial charge is 0.354 e. The van der Waals surface area contributed by atoms with Crippen LogP contribution in [-0.4, -0.2) is 55.5 Å². The SMILES string of the molecule is CCc1cc(Nc2nccn3c(-c4cn[nH]c4C(F)(F)F)cnc23)ccc1C(=O)NCCNC(=O)[C@H]1CC[C@H](N)C1. The number of aryl methyl sites for hydroxylation is 1. The normalized spacial score (nSPS) is 17.1. The van der Waals surface area contributed by atoms with Gasteiger partial charge in [-0.15, -0.1) is 0 Å². The molecule has 0 saturated heterocycles. The molecule has 14 heteroatoms. The van der Waals surface area contributed by atoms with Gasteiger partial charge in [0.05, 0.1) is 23.7 Å². The number of amides is 2. The average molecular weight is 570 g/mol. The molecule has 2 atom stereocenters. The quantitative estimate of drug-likeness (QED) is 0.194. The Hall–Kier alpha value is -4.46. The first kappa shape index (κ1) is 28.1. The molecule has 0 aliphatic heterocycles. The van der Waals surface area contributed by atoms with E-state index >= 15 is 0 Å². The van der Waals surface area contributed by atoms with Crippen molar-refractivity contribution in [1.29, 1.82) is 0 Å². The molecule has 3 heterocycles. The molecule has 0 bridgehead atoms. The van der Waals surface area contributed by atoms with Crippen LogP contribution in [0, 0.1) is 5.92 Å². The van der Waals surface area contributed by atoms with Crippen molar-refractivity contribution in [3.63, 3.8) is 0 Å². The Morgan fingerprint density at radius 3 is 2.68 bits per heavy atom. The Morgan fingerprint density at radius 2 is 1.95 bits per heavy atom. The number of alkyl halides is 3. The zero-order valence-corrected chi connectivity index (χ0v) is 22.3.